The van der Waals surface area contributed by atoms with Gasteiger partial charge in [-0.3, -0.25) is 0 Å². The second-order valence-corrected chi connectivity index (χ2v) is 8.08. The van der Waals surface area contributed by atoms with Gasteiger partial charge in [-0.1, -0.05) is 12.1 Å². The molecule has 0 bridgehead atoms. The van der Waals surface area contributed by atoms with E-state index in [0.29, 0.717) is 47.8 Å². The van der Waals surface area contributed by atoms with Crippen molar-refractivity contribution in [2.75, 3.05) is 7.11 Å². The van der Waals surface area contributed by atoms with Gasteiger partial charge in [0.05, 0.1) is 23.3 Å². The van der Waals surface area contributed by atoms with Crippen LogP contribution in [0.15, 0.2) is 21.7 Å². The number of aryl methyl sites for hydroxylation is 2. The second-order valence-electron chi connectivity index (χ2n) is 6.37. The predicted octanol–water partition coefficient (Wildman–Crippen LogP) is 1.34. The minimum atomic E-state index is -3.79. The topological polar surface area (TPSA) is 125 Å². The quantitative estimate of drug-likeness (QED) is 0.666. The number of hydrogen-bond donors (Lipinski definition) is 1. The fourth-order valence-corrected chi connectivity index (χ4v) is 4.42. The highest BCUT2D eigenvalue weighted by Gasteiger charge is 2.29. The number of nitrogens with zero attached hydrogens (tertiary/aromatic N) is 5. The van der Waals surface area contributed by atoms with Crippen LogP contribution in [0.25, 0.3) is 11.1 Å². The van der Waals surface area contributed by atoms with Crippen LogP contribution >= 0.6 is 0 Å². The Morgan fingerprint density at radius 2 is 2.30 bits per heavy atom. The number of pyridine rings is 1. The van der Waals surface area contributed by atoms with Gasteiger partial charge in [0.15, 0.2) is 5.82 Å². The van der Waals surface area contributed by atoms with E-state index in [0.717, 1.165) is 6.42 Å². The van der Waals surface area contributed by atoms with E-state index in [4.69, 9.17) is 9.26 Å². The van der Waals surface area contributed by atoms with Gasteiger partial charge in [0.25, 0.3) is 5.71 Å². The van der Waals surface area contributed by atoms with E-state index in [1.807, 2.05) is 6.92 Å². The molecule has 0 amide bonds. The minimum Gasteiger partial charge on any atom is -0.377 e. The van der Waals surface area contributed by atoms with E-state index >= 15 is 0 Å². The van der Waals surface area contributed by atoms with Crippen molar-refractivity contribution in [3.05, 3.63) is 29.6 Å². The van der Waals surface area contributed by atoms with E-state index in [-0.39, 0.29) is 11.5 Å². The predicted molar refractivity (Wildman–Crippen MR) is 94.2 cm³/mol. The number of hydrogen-bond acceptors (Lipinski definition) is 8. The number of aromatic nitrogens is 5. The largest absolute Gasteiger partial charge is 0.377 e. The summed E-state index contributed by atoms with van der Waals surface area (Å²) in [6.45, 7) is 2.91. The molecule has 1 N–H and O–H groups in total. The van der Waals surface area contributed by atoms with Crippen LogP contribution in [0.1, 0.15) is 43.1 Å². The molecular weight excluding hydrogens is 372 g/mol. The number of ether oxygens (including phenoxy) is 1. The van der Waals surface area contributed by atoms with Gasteiger partial charge in [-0.25, -0.2) is 27.8 Å². The molecular formula is C16H20N6O4S. The van der Waals surface area contributed by atoms with Gasteiger partial charge in [-0.05, 0) is 25.3 Å². The van der Waals surface area contributed by atoms with Gasteiger partial charge in [0, 0.05) is 13.7 Å². The molecule has 1 aliphatic heterocycles. The summed E-state index contributed by atoms with van der Waals surface area (Å²) < 4.78 is 40.5. The van der Waals surface area contributed by atoms with Crippen LogP contribution in [0.5, 0.6) is 0 Å². The van der Waals surface area contributed by atoms with Gasteiger partial charge >= 0.3 is 0 Å². The molecule has 4 heterocycles. The molecule has 3 aromatic heterocycles. The van der Waals surface area contributed by atoms with Crippen molar-refractivity contribution in [3.63, 3.8) is 0 Å². The summed E-state index contributed by atoms with van der Waals surface area (Å²) in [5.74, 6) is 1.14. The molecule has 27 heavy (non-hydrogen) atoms. The first-order valence-electron chi connectivity index (χ1n) is 8.71. The molecule has 0 spiro atoms. The standard InChI is InChI=1S/C16H20N6O4S/c1-3-12-11-7-10(8-17-16(11)26-20-12)27(23,24)21-13-5-4-6-22-15(13)18-14(19-22)9-25-2/h7-8,13,21H,3-6,9H2,1-2H3/t13-/m1/s1. The Bertz CT molecular complexity index is 1070. The summed E-state index contributed by atoms with van der Waals surface area (Å²) >= 11 is 0. The summed E-state index contributed by atoms with van der Waals surface area (Å²) in [5.41, 5.74) is 1.00. The van der Waals surface area contributed by atoms with Crippen molar-refractivity contribution >= 4 is 21.1 Å². The van der Waals surface area contributed by atoms with Gasteiger partial charge in [-0.15, -0.1) is 0 Å². The van der Waals surface area contributed by atoms with Crippen LogP contribution in [0.4, 0.5) is 0 Å². The SMILES string of the molecule is CCc1noc2ncc(S(=O)(=O)N[C@@H]3CCCn4nc(COC)nc43)cc12. The third-order valence-corrected chi connectivity index (χ3v) is 5.95. The lowest BCUT2D eigenvalue weighted by Crippen LogP contribution is -2.33. The van der Waals surface area contributed by atoms with Crippen LogP contribution < -0.4 is 4.72 Å². The van der Waals surface area contributed by atoms with Crippen molar-refractivity contribution in [2.24, 2.45) is 0 Å². The minimum absolute atomic E-state index is 0.0710. The number of sulfonamides is 1. The van der Waals surface area contributed by atoms with Crippen molar-refractivity contribution in [1.82, 2.24) is 29.6 Å². The van der Waals surface area contributed by atoms with Crippen LogP contribution in [0.2, 0.25) is 0 Å². The van der Waals surface area contributed by atoms with Crippen molar-refractivity contribution in [3.8, 4) is 0 Å². The summed E-state index contributed by atoms with van der Waals surface area (Å²) in [7, 11) is -2.23. The molecule has 144 valence electrons. The highest BCUT2D eigenvalue weighted by Crippen LogP contribution is 2.26. The van der Waals surface area contributed by atoms with E-state index in [9.17, 15) is 8.42 Å². The normalized spacial score (nSPS) is 17.3. The van der Waals surface area contributed by atoms with Gasteiger partial charge in [-0.2, -0.15) is 5.10 Å². The van der Waals surface area contributed by atoms with E-state index in [1.54, 1.807) is 17.9 Å². The third kappa shape index (κ3) is 3.33. The first kappa shape index (κ1) is 18.0. The average molecular weight is 392 g/mol. The van der Waals surface area contributed by atoms with Crippen molar-refractivity contribution in [2.45, 2.75) is 50.3 Å². The monoisotopic (exact) mass is 392 g/mol. The number of nitrogens with one attached hydrogen (secondary N) is 1. The Hall–Kier alpha value is -2.37. The zero-order valence-corrected chi connectivity index (χ0v) is 15.9. The van der Waals surface area contributed by atoms with Gasteiger partial charge in [0.2, 0.25) is 10.0 Å². The maximum absolute atomic E-state index is 12.9. The third-order valence-electron chi connectivity index (χ3n) is 4.51. The highest BCUT2D eigenvalue weighted by molar-refractivity contribution is 7.89. The number of methoxy groups -OCH3 is 1. The molecule has 0 saturated heterocycles. The molecule has 3 aromatic rings. The molecule has 0 unspecified atom stereocenters. The van der Waals surface area contributed by atoms with E-state index in [1.165, 1.54) is 6.20 Å². The number of fused-ring (bicyclic) bond motifs is 2. The molecule has 1 aliphatic rings. The summed E-state index contributed by atoms with van der Waals surface area (Å²) in [6.07, 6.45) is 3.35. The Morgan fingerprint density at radius 1 is 1.44 bits per heavy atom. The molecule has 4 rings (SSSR count). The van der Waals surface area contributed by atoms with Gasteiger partial charge in [0.1, 0.15) is 17.3 Å². The molecule has 11 heteroatoms. The lowest BCUT2D eigenvalue weighted by atomic mass is 10.1. The Morgan fingerprint density at radius 3 is 3.07 bits per heavy atom. The smallest absolute Gasteiger partial charge is 0.258 e. The lowest BCUT2D eigenvalue weighted by Gasteiger charge is -2.22. The Balaban J connectivity index is 1.64. The second kappa shape index (κ2) is 6.98. The molecule has 1 atom stereocenters. The molecule has 0 aliphatic carbocycles. The van der Waals surface area contributed by atoms with E-state index in [2.05, 4.69) is 24.9 Å². The molecule has 10 nitrogen and oxygen atoms in total. The van der Waals surface area contributed by atoms with Crippen LogP contribution in [0.3, 0.4) is 0 Å². The van der Waals surface area contributed by atoms with Crippen molar-refractivity contribution in [1.29, 1.82) is 0 Å². The highest BCUT2D eigenvalue weighted by atomic mass is 32.2. The van der Waals surface area contributed by atoms with Crippen molar-refractivity contribution < 1.29 is 17.7 Å². The maximum atomic E-state index is 12.9. The fourth-order valence-electron chi connectivity index (χ4n) is 3.22. The van der Waals surface area contributed by atoms with E-state index < -0.39 is 16.1 Å². The van der Waals surface area contributed by atoms with Crippen LogP contribution in [0, 0.1) is 0 Å². The zero-order chi connectivity index (χ0) is 19.0. The average Bonchev–Trinajstić information content (AvgIpc) is 3.25. The van der Waals surface area contributed by atoms with Crippen LogP contribution in [-0.4, -0.2) is 40.4 Å². The summed E-state index contributed by atoms with van der Waals surface area (Å²) in [6, 6.07) is 1.09. The molecule has 0 aromatic carbocycles. The summed E-state index contributed by atoms with van der Waals surface area (Å²) in [4.78, 5) is 8.58. The summed E-state index contributed by atoms with van der Waals surface area (Å²) in [5, 5.41) is 8.89. The Kier molecular flexibility index (Phi) is 4.66. The van der Waals surface area contributed by atoms with Crippen LogP contribution in [-0.2, 0) is 34.3 Å². The zero-order valence-electron chi connectivity index (χ0n) is 15.0. The first-order valence-corrected chi connectivity index (χ1v) is 10.2. The fraction of sp³-hybridized carbons (Fsp3) is 0.500. The lowest BCUT2D eigenvalue weighted by molar-refractivity contribution is 0.177. The number of rotatable bonds is 6. The molecule has 0 saturated carbocycles. The van der Waals surface area contributed by atoms with Gasteiger partial charge < -0.3 is 9.26 Å². The Labute approximate surface area is 156 Å². The molecule has 0 radical (unpaired) electrons. The first-order chi connectivity index (χ1) is 13.0. The molecule has 0 fully saturated rings. The maximum Gasteiger partial charge on any atom is 0.258 e.